The van der Waals surface area contributed by atoms with Crippen LogP contribution in [0, 0.1) is 0 Å². The molecule has 0 fully saturated rings. The zero-order valence-electron chi connectivity index (χ0n) is 17.5. The van der Waals surface area contributed by atoms with Gasteiger partial charge in [-0.3, -0.25) is 25.4 Å². The number of carbonyl (C=O) groups excluding carboxylic acids is 2. The van der Waals surface area contributed by atoms with Crippen molar-refractivity contribution in [3.05, 3.63) is 35.9 Å². The summed E-state index contributed by atoms with van der Waals surface area (Å²) in [5.41, 5.74) is 10.3. The molecule has 2 unspecified atom stereocenters. The van der Waals surface area contributed by atoms with Crippen LogP contribution in [0.4, 0.5) is 10.3 Å². The van der Waals surface area contributed by atoms with Gasteiger partial charge in [0, 0.05) is 6.42 Å². The highest BCUT2D eigenvalue weighted by Gasteiger charge is 2.27. The number of nitrogens with one attached hydrogen (secondary N) is 2. The van der Waals surface area contributed by atoms with Gasteiger partial charge in [0.05, 0.1) is 12.6 Å². The van der Waals surface area contributed by atoms with Crippen molar-refractivity contribution in [3.63, 3.8) is 0 Å². The number of quaternary nitrogens is 1. The van der Waals surface area contributed by atoms with Gasteiger partial charge in [-0.2, -0.15) is 5.21 Å². The lowest BCUT2D eigenvalue weighted by atomic mass is 10.0. The number of nitrogens with two attached hydrogens (primary N) is 1. The van der Waals surface area contributed by atoms with Crippen LogP contribution in [0.2, 0.25) is 0 Å². The van der Waals surface area contributed by atoms with Crippen molar-refractivity contribution in [2.45, 2.75) is 37.8 Å². The molecule has 1 aromatic carbocycles. The first-order valence-corrected chi connectivity index (χ1v) is 9.97. The van der Waals surface area contributed by atoms with Crippen molar-refractivity contribution in [2.24, 2.45) is 5.73 Å². The van der Waals surface area contributed by atoms with E-state index in [9.17, 15) is 14.0 Å². The van der Waals surface area contributed by atoms with Crippen LogP contribution in [0.25, 0.3) is 0 Å². The fourth-order valence-electron chi connectivity index (χ4n) is 2.91. The maximum Gasteiger partial charge on any atom is 0.279 e. The van der Waals surface area contributed by atoms with E-state index < -0.39 is 24.7 Å². The van der Waals surface area contributed by atoms with Crippen molar-refractivity contribution in [3.8, 4) is 0 Å². The molecule has 0 aliphatic carbocycles. The number of hydrogen-bond acceptors (Lipinski definition) is 5. The molecule has 1 aromatic heterocycles. The molecule has 12 heteroatoms. The lowest BCUT2D eigenvalue weighted by Gasteiger charge is -2.26. The molecule has 0 aliphatic rings. The van der Waals surface area contributed by atoms with Crippen LogP contribution in [0.1, 0.15) is 24.8 Å². The van der Waals surface area contributed by atoms with Gasteiger partial charge >= 0.3 is 0 Å². The molecule has 11 nitrogen and oxygen atoms in total. The average Bonchev–Trinajstić information content (AvgIpc) is 3.32. The van der Waals surface area contributed by atoms with Gasteiger partial charge < -0.3 is 16.0 Å². The third-order valence-corrected chi connectivity index (χ3v) is 4.66. The Morgan fingerprint density at radius 1 is 1.32 bits per heavy atom. The van der Waals surface area contributed by atoms with Crippen LogP contribution >= 0.6 is 0 Å². The number of halogens is 1. The average molecular weight is 435 g/mol. The molecule has 0 bridgehead atoms. The topological polar surface area (TPSA) is 170 Å². The number of hydrogen-bond donors (Lipinski definition) is 4. The maximum absolute atomic E-state index is 12.9. The van der Waals surface area contributed by atoms with Crippen LogP contribution in [-0.2, 0) is 16.0 Å². The van der Waals surface area contributed by atoms with Crippen LogP contribution < -0.4 is 31.8 Å². The SMILES string of the molecule is CN(C(=O)C(CCCC[NH+]=C(N)CF)NC(=O)C([NH3+])Cc1ccccc1)c1nnn[n-]1. The number of unbranched alkanes of at least 4 members (excludes halogenated alkanes) is 1. The number of rotatable bonds is 12. The lowest BCUT2D eigenvalue weighted by Crippen LogP contribution is -2.76. The van der Waals surface area contributed by atoms with E-state index in [1.807, 2.05) is 30.3 Å². The Kier molecular flexibility index (Phi) is 9.49. The van der Waals surface area contributed by atoms with E-state index in [0.717, 1.165) is 5.56 Å². The Balaban J connectivity index is 1.99. The first-order chi connectivity index (χ1) is 14.9. The molecule has 31 heavy (non-hydrogen) atoms. The van der Waals surface area contributed by atoms with Gasteiger partial charge in [-0.15, -0.1) is 5.21 Å². The number of tetrazole rings is 1. The number of amidine groups is 1. The fourth-order valence-corrected chi connectivity index (χ4v) is 2.91. The second-order valence-electron chi connectivity index (χ2n) is 7.11. The fraction of sp³-hybridized carbons (Fsp3) is 0.474. The molecule has 2 rings (SSSR count). The molecular formula is C19H29FN9O2+. The van der Waals surface area contributed by atoms with E-state index >= 15 is 0 Å². The van der Waals surface area contributed by atoms with Gasteiger partial charge in [0.25, 0.3) is 11.7 Å². The smallest absolute Gasteiger partial charge is 0.279 e. The van der Waals surface area contributed by atoms with Gasteiger partial charge in [0.15, 0.2) is 12.7 Å². The van der Waals surface area contributed by atoms with Gasteiger partial charge in [0.2, 0.25) is 5.91 Å². The number of carbonyl (C=O) groups is 2. The zero-order chi connectivity index (χ0) is 22.6. The standard InChI is InChI=1S/C19H28FN9O2/c1-29(19-25-27-28-26-19)18(31)15(9-5-6-10-23-16(22)12-20)24-17(30)14(21)11-13-7-3-2-4-8-13/h2-4,7-8,14-15H,5-6,9-12,21H2,1H3,(H4,22,23,24,25,26,27,28,30)/p+1. The summed E-state index contributed by atoms with van der Waals surface area (Å²) in [6.07, 6.45) is 2.05. The molecule has 2 atom stereocenters. The highest BCUT2D eigenvalue weighted by molar-refractivity contribution is 5.97. The van der Waals surface area contributed by atoms with Crippen LogP contribution in [0.5, 0.6) is 0 Å². The zero-order valence-corrected chi connectivity index (χ0v) is 17.5. The minimum absolute atomic E-state index is 0.0479. The number of aromatic nitrogens is 4. The largest absolute Gasteiger partial charge is 0.347 e. The lowest BCUT2D eigenvalue weighted by molar-refractivity contribution is -0.460. The third-order valence-electron chi connectivity index (χ3n) is 4.66. The molecule has 0 aliphatic heterocycles. The normalized spacial score (nSPS) is 13.5. The summed E-state index contributed by atoms with van der Waals surface area (Å²) >= 11 is 0. The first kappa shape index (κ1) is 23.9. The van der Waals surface area contributed by atoms with Gasteiger partial charge in [-0.05, 0) is 31.9 Å². The Morgan fingerprint density at radius 2 is 2.06 bits per heavy atom. The quantitative estimate of drug-likeness (QED) is 0.154. The molecule has 168 valence electrons. The number of benzene rings is 1. The predicted octanol–water partition coefficient (Wildman–Crippen LogP) is -3.29. The summed E-state index contributed by atoms with van der Waals surface area (Å²) in [7, 11) is 1.49. The van der Waals surface area contributed by atoms with Crippen molar-refractivity contribution in [1.29, 1.82) is 0 Å². The Bertz CT molecular complexity index is 845. The minimum atomic E-state index is -0.807. The van der Waals surface area contributed by atoms with Crippen LogP contribution in [-0.4, -0.2) is 65.5 Å². The minimum Gasteiger partial charge on any atom is -0.347 e. The number of amides is 2. The van der Waals surface area contributed by atoms with Crippen molar-refractivity contribution < 1.29 is 24.7 Å². The van der Waals surface area contributed by atoms with Gasteiger partial charge in [0.1, 0.15) is 5.95 Å². The Morgan fingerprint density at radius 3 is 2.71 bits per heavy atom. The molecule has 1 heterocycles. The molecular weight excluding hydrogens is 405 g/mol. The molecule has 0 spiro atoms. The highest BCUT2D eigenvalue weighted by Crippen LogP contribution is 2.09. The van der Waals surface area contributed by atoms with Crippen molar-refractivity contribution in [2.75, 3.05) is 25.2 Å². The van der Waals surface area contributed by atoms with Crippen molar-refractivity contribution in [1.82, 2.24) is 25.9 Å². The maximum atomic E-state index is 12.9. The number of anilines is 1. The summed E-state index contributed by atoms with van der Waals surface area (Å²) < 4.78 is 12.4. The van der Waals surface area contributed by atoms with Gasteiger partial charge in [-0.25, -0.2) is 9.49 Å². The van der Waals surface area contributed by atoms with E-state index in [1.165, 1.54) is 11.9 Å². The molecule has 2 aromatic rings. The summed E-state index contributed by atoms with van der Waals surface area (Å²) in [4.78, 5) is 29.6. The molecule has 2 amide bonds. The monoisotopic (exact) mass is 434 g/mol. The van der Waals surface area contributed by atoms with Crippen LogP contribution in [0.3, 0.4) is 0 Å². The summed E-state index contributed by atoms with van der Waals surface area (Å²) in [6.45, 7) is -0.276. The summed E-state index contributed by atoms with van der Waals surface area (Å²) in [5.74, 6) is -0.609. The van der Waals surface area contributed by atoms with E-state index in [1.54, 1.807) is 0 Å². The van der Waals surface area contributed by atoms with E-state index in [2.05, 4.69) is 36.7 Å². The predicted molar refractivity (Wildman–Crippen MR) is 110 cm³/mol. The number of nitrogens with zero attached hydrogens (tertiary/aromatic N) is 5. The number of alkyl halides is 1. The molecule has 7 N–H and O–H groups in total. The second-order valence-corrected chi connectivity index (χ2v) is 7.11. The molecule has 0 saturated carbocycles. The highest BCUT2D eigenvalue weighted by atomic mass is 19.1. The van der Waals surface area contributed by atoms with E-state index in [4.69, 9.17) is 5.73 Å². The molecule has 0 radical (unpaired) electrons. The van der Waals surface area contributed by atoms with Crippen molar-refractivity contribution >= 4 is 23.6 Å². The first-order valence-electron chi connectivity index (χ1n) is 9.97. The van der Waals surface area contributed by atoms with Crippen LogP contribution in [0.15, 0.2) is 30.3 Å². The summed E-state index contributed by atoms with van der Waals surface area (Å²) in [6, 6.07) is 8.15. The number of likely N-dealkylation sites (N-methyl/N-ethyl adjacent to an activating group) is 1. The van der Waals surface area contributed by atoms with E-state index in [0.29, 0.717) is 32.2 Å². The Hall–Kier alpha value is -3.41. The second kappa shape index (κ2) is 12.3. The Labute approximate surface area is 179 Å². The third kappa shape index (κ3) is 7.74. The summed E-state index contributed by atoms with van der Waals surface area (Å²) in [5, 5.41) is 16.9. The van der Waals surface area contributed by atoms with E-state index in [-0.39, 0.29) is 17.7 Å². The van der Waals surface area contributed by atoms with Gasteiger partial charge in [-0.1, -0.05) is 30.3 Å². The molecule has 0 saturated heterocycles.